The van der Waals surface area contributed by atoms with Crippen LogP contribution in [-0.2, 0) is 6.18 Å². The molecule has 2 amide bonds. The minimum atomic E-state index is -4.65. The number of alkyl halides is 3. The van der Waals surface area contributed by atoms with Crippen molar-refractivity contribution in [2.45, 2.75) is 6.18 Å². The zero-order valence-electron chi connectivity index (χ0n) is 13.3. The highest BCUT2D eigenvalue weighted by molar-refractivity contribution is 5.99. The molecule has 0 aliphatic rings. The van der Waals surface area contributed by atoms with Crippen molar-refractivity contribution < 1.29 is 32.3 Å². The molecule has 11 heteroatoms. The zero-order chi connectivity index (χ0) is 19.6. The molecule has 2 heterocycles. The van der Waals surface area contributed by atoms with Crippen LogP contribution < -0.4 is 10.9 Å². The second kappa shape index (κ2) is 6.86. The van der Waals surface area contributed by atoms with E-state index in [1.165, 1.54) is 24.5 Å². The van der Waals surface area contributed by atoms with Crippen LogP contribution in [0.2, 0.25) is 0 Å². The number of benzene rings is 1. The molecule has 8 nitrogen and oxygen atoms in total. The molecule has 0 unspecified atom stereocenters. The number of nitrogens with zero attached hydrogens (tertiary/aromatic N) is 2. The van der Waals surface area contributed by atoms with Gasteiger partial charge in [0.2, 0.25) is 0 Å². The van der Waals surface area contributed by atoms with Crippen molar-refractivity contribution in [3.8, 4) is 11.4 Å². The van der Waals surface area contributed by atoms with Crippen molar-refractivity contribution in [3.05, 3.63) is 65.9 Å². The van der Waals surface area contributed by atoms with Gasteiger partial charge in [0.1, 0.15) is 6.26 Å². The first-order chi connectivity index (χ1) is 12.8. The highest BCUT2D eigenvalue weighted by Crippen LogP contribution is 2.34. The lowest BCUT2D eigenvalue weighted by atomic mass is 10.2. The lowest BCUT2D eigenvalue weighted by molar-refractivity contribution is -0.137. The van der Waals surface area contributed by atoms with E-state index in [4.69, 9.17) is 4.42 Å². The Morgan fingerprint density at radius 1 is 1.11 bits per heavy atom. The molecule has 3 N–H and O–H groups in total. The summed E-state index contributed by atoms with van der Waals surface area (Å²) in [5, 5.41) is 13.5. The molecular weight excluding hydrogens is 369 g/mol. The van der Waals surface area contributed by atoms with E-state index in [9.17, 15) is 27.9 Å². The van der Waals surface area contributed by atoms with Gasteiger partial charge < -0.3 is 9.52 Å². The van der Waals surface area contributed by atoms with Gasteiger partial charge in [-0.1, -0.05) is 12.1 Å². The summed E-state index contributed by atoms with van der Waals surface area (Å²) in [6.07, 6.45) is -1.40. The molecule has 140 valence electrons. The zero-order valence-corrected chi connectivity index (χ0v) is 13.3. The van der Waals surface area contributed by atoms with Crippen LogP contribution in [0.15, 0.2) is 53.5 Å². The molecule has 0 saturated heterocycles. The number of nitrogens with one attached hydrogen (secondary N) is 2. The van der Waals surface area contributed by atoms with E-state index in [0.29, 0.717) is 0 Å². The maximum absolute atomic E-state index is 13.1. The van der Waals surface area contributed by atoms with Gasteiger partial charge in [-0.25, -0.2) is 4.68 Å². The van der Waals surface area contributed by atoms with Gasteiger partial charge in [0.05, 0.1) is 29.3 Å². The first-order valence-corrected chi connectivity index (χ1v) is 7.35. The third kappa shape index (κ3) is 3.76. The second-order valence-electron chi connectivity index (χ2n) is 5.24. The number of hydrazine groups is 1. The fourth-order valence-electron chi connectivity index (χ4n) is 2.20. The Morgan fingerprint density at radius 3 is 2.48 bits per heavy atom. The molecule has 0 bridgehead atoms. The summed E-state index contributed by atoms with van der Waals surface area (Å²) in [6.45, 7) is 0. The van der Waals surface area contributed by atoms with Crippen molar-refractivity contribution in [1.29, 1.82) is 0 Å². The number of aromatic hydroxyl groups is 1. The van der Waals surface area contributed by atoms with Crippen LogP contribution in [0.5, 0.6) is 5.75 Å². The third-order valence-electron chi connectivity index (χ3n) is 3.44. The van der Waals surface area contributed by atoms with Crippen molar-refractivity contribution in [3.63, 3.8) is 0 Å². The van der Waals surface area contributed by atoms with Crippen LogP contribution in [0.25, 0.3) is 5.69 Å². The van der Waals surface area contributed by atoms with Gasteiger partial charge >= 0.3 is 6.18 Å². The van der Waals surface area contributed by atoms with E-state index < -0.39 is 35.0 Å². The van der Waals surface area contributed by atoms with Crippen molar-refractivity contribution in [2.75, 3.05) is 0 Å². The second-order valence-corrected chi connectivity index (χ2v) is 5.24. The van der Waals surface area contributed by atoms with E-state index in [1.807, 2.05) is 5.43 Å². The smallest absolute Gasteiger partial charge is 0.418 e. The lowest BCUT2D eigenvalue weighted by Crippen LogP contribution is -2.41. The van der Waals surface area contributed by atoms with Crippen LogP contribution in [0.3, 0.4) is 0 Å². The predicted octanol–water partition coefficient (Wildman–Crippen LogP) is 2.26. The minimum Gasteiger partial charge on any atom is -0.504 e. The first-order valence-electron chi connectivity index (χ1n) is 7.35. The van der Waals surface area contributed by atoms with Crippen molar-refractivity contribution >= 4 is 11.8 Å². The van der Waals surface area contributed by atoms with Crippen LogP contribution in [-0.4, -0.2) is 26.7 Å². The predicted molar refractivity (Wildman–Crippen MR) is 83.9 cm³/mol. The number of hydrogen-bond donors (Lipinski definition) is 3. The van der Waals surface area contributed by atoms with Crippen LogP contribution >= 0.6 is 0 Å². The van der Waals surface area contributed by atoms with E-state index in [-0.39, 0.29) is 11.3 Å². The molecule has 0 radical (unpaired) electrons. The fraction of sp³-hybridized carbons (Fsp3) is 0.0625. The maximum atomic E-state index is 13.1. The Kier molecular flexibility index (Phi) is 4.59. The largest absolute Gasteiger partial charge is 0.504 e. The molecule has 3 rings (SSSR count). The summed E-state index contributed by atoms with van der Waals surface area (Å²) in [5.41, 5.74) is 2.25. The van der Waals surface area contributed by atoms with Gasteiger partial charge in [-0.2, -0.15) is 18.3 Å². The van der Waals surface area contributed by atoms with Crippen LogP contribution in [0, 0.1) is 0 Å². The molecule has 0 aliphatic heterocycles. The SMILES string of the molecule is O=C(NNC(=O)c1nn(-c2ccccc2C(F)(F)F)cc1O)c1ccoc1. The number of aromatic nitrogens is 2. The maximum Gasteiger partial charge on any atom is 0.418 e. The van der Waals surface area contributed by atoms with E-state index >= 15 is 0 Å². The van der Waals surface area contributed by atoms with Gasteiger partial charge in [-0.05, 0) is 18.2 Å². The van der Waals surface area contributed by atoms with Gasteiger partial charge in [-0.15, -0.1) is 0 Å². The fourth-order valence-corrected chi connectivity index (χ4v) is 2.20. The third-order valence-corrected chi connectivity index (χ3v) is 3.44. The van der Waals surface area contributed by atoms with Gasteiger partial charge in [0.25, 0.3) is 11.8 Å². The molecule has 1 aromatic carbocycles. The quantitative estimate of drug-likeness (QED) is 0.604. The molecule has 0 spiro atoms. The van der Waals surface area contributed by atoms with Gasteiger partial charge in [-0.3, -0.25) is 20.4 Å². The van der Waals surface area contributed by atoms with Gasteiger partial charge in [0.15, 0.2) is 11.4 Å². The highest BCUT2D eigenvalue weighted by atomic mass is 19.4. The normalized spacial score (nSPS) is 11.2. The molecule has 0 atom stereocenters. The summed E-state index contributed by atoms with van der Waals surface area (Å²) in [7, 11) is 0. The summed E-state index contributed by atoms with van der Waals surface area (Å²) in [6, 6.07) is 5.89. The minimum absolute atomic E-state index is 0.129. The molecule has 0 saturated carbocycles. The topological polar surface area (TPSA) is 109 Å². The molecular formula is C16H11F3N4O4. The number of para-hydroxylation sites is 1. The Morgan fingerprint density at radius 2 is 1.81 bits per heavy atom. The Hall–Kier alpha value is -3.76. The summed E-state index contributed by atoms with van der Waals surface area (Å²) < 4.78 is 44.8. The lowest BCUT2D eigenvalue weighted by Gasteiger charge is -2.12. The Bertz CT molecular complexity index is 980. The molecule has 0 aliphatic carbocycles. The van der Waals surface area contributed by atoms with Crippen LogP contribution in [0.1, 0.15) is 26.4 Å². The number of furan rings is 1. The average molecular weight is 380 g/mol. The number of rotatable bonds is 3. The Labute approximate surface area is 149 Å². The number of hydrogen-bond acceptors (Lipinski definition) is 5. The summed E-state index contributed by atoms with van der Waals surface area (Å²) >= 11 is 0. The summed E-state index contributed by atoms with van der Waals surface area (Å²) in [5.74, 6) is -2.38. The number of amides is 2. The van der Waals surface area contributed by atoms with Crippen molar-refractivity contribution in [1.82, 2.24) is 20.6 Å². The molecule has 0 fully saturated rings. The Balaban J connectivity index is 1.81. The molecule has 3 aromatic rings. The summed E-state index contributed by atoms with van der Waals surface area (Å²) in [4.78, 5) is 23.8. The monoisotopic (exact) mass is 380 g/mol. The number of halogens is 3. The van der Waals surface area contributed by atoms with Crippen molar-refractivity contribution in [2.24, 2.45) is 0 Å². The molecule has 2 aromatic heterocycles. The van der Waals surface area contributed by atoms with E-state index in [2.05, 4.69) is 10.5 Å². The highest BCUT2D eigenvalue weighted by Gasteiger charge is 2.34. The van der Waals surface area contributed by atoms with Crippen LogP contribution in [0.4, 0.5) is 13.2 Å². The number of carbonyl (C=O) groups excluding carboxylic acids is 2. The first kappa shape index (κ1) is 18.0. The standard InChI is InChI=1S/C16H11F3N4O4/c17-16(18,19)10-3-1-2-4-11(10)23-7-12(24)13(22-23)15(26)21-20-14(25)9-5-6-27-8-9/h1-8,24H,(H,20,25)(H,21,26). The van der Waals surface area contributed by atoms with Gasteiger partial charge in [0, 0.05) is 0 Å². The average Bonchev–Trinajstić information content (AvgIpc) is 3.28. The van der Waals surface area contributed by atoms with E-state index in [1.54, 1.807) is 0 Å². The molecule has 27 heavy (non-hydrogen) atoms. The number of carbonyl (C=O) groups is 2. The van der Waals surface area contributed by atoms with E-state index in [0.717, 1.165) is 29.3 Å².